The zero-order valence-corrected chi connectivity index (χ0v) is 10.3. The molecule has 0 saturated heterocycles. The number of carbonyl (C=O) groups excluding carboxylic acids is 1. The number of nitrogens with one attached hydrogen (secondary N) is 1. The Morgan fingerprint density at radius 1 is 1.38 bits per heavy atom. The number of nitrogens with zero attached hydrogens (tertiary/aromatic N) is 1. The summed E-state index contributed by atoms with van der Waals surface area (Å²) in [7, 11) is 0. The smallest absolute Gasteiger partial charge is 0.323 e. The number of rotatable bonds is 7. The minimum atomic E-state index is -1.02. The number of carboxylic acid groups (broad SMARTS) is 1. The molecule has 0 aromatic rings. The van der Waals surface area contributed by atoms with Gasteiger partial charge in [-0.1, -0.05) is 20.3 Å². The zero-order chi connectivity index (χ0) is 12.6. The number of urea groups is 1. The highest BCUT2D eigenvalue weighted by Gasteiger charge is 2.18. The van der Waals surface area contributed by atoms with Gasteiger partial charge in [-0.3, -0.25) is 4.79 Å². The summed E-state index contributed by atoms with van der Waals surface area (Å²) in [5, 5.41) is 10.9. The molecule has 2 amide bonds. The number of aliphatic carboxylic acids is 1. The molecule has 0 heterocycles. The Bertz CT molecular complexity index is 231. The Morgan fingerprint density at radius 2 is 2.00 bits per heavy atom. The molecule has 0 fully saturated rings. The van der Waals surface area contributed by atoms with Crippen LogP contribution in [0.15, 0.2) is 0 Å². The van der Waals surface area contributed by atoms with Crippen LogP contribution < -0.4 is 5.32 Å². The van der Waals surface area contributed by atoms with Crippen LogP contribution in [0.25, 0.3) is 0 Å². The molecule has 2 N–H and O–H groups in total. The number of carboxylic acids is 1. The Labute approximate surface area is 96.8 Å². The first kappa shape index (κ1) is 14.7. The van der Waals surface area contributed by atoms with Crippen LogP contribution in [-0.4, -0.2) is 41.1 Å². The maximum absolute atomic E-state index is 11.7. The molecule has 0 spiro atoms. The summed E-state index contributed by atoms with van der Waals surface area (Å²) in [4.78, 5) is 23.8. The molecule has 0 aliphatic rings. The first-order valence-corrected chi connectivity index (χ1v) is 5.79. The van der Waals surface area contributed by atoms with E-state index in [1.807, 2.05) is 13.8 Å². The fourth-order valence-electron chi connectivity index (χ4n) is 1.32. The van der Waals surface area contributed by atoms with E-state index < -0.39 is 5.97 Å². The van der Waals surface area contributed by atoms with Gasteiger partial charge in [-0.05, 0) is 19.8 Å². The van der Waals surface area contributed by atoms with Crippen LogP contribution in [0.2, 0.25) is 0 Å². The molecule has 0 radical (unpaired) electrons. The normalized spacial score (nSPS) is 11.9. The van der Waals surface area contributed by atoms with Crippen molar-refractivity contribution in [2.75, 3.05) is 13.1 Å². The van der Waals surface area contributed by atoms with Crippen LogP contribution >= 0.6 is 0 Å². The molecule has 0 aromatic carbocycles. The Hall–Kier alpha value is -1.26. The van der Waals surface area contributed by atoms with Gasteiger partial charge in [0.1, 0.15) is 6.54 Å². The van der Waals surface area contributed by atoms with E-state index >= 15 is 0 Å². The average molecular weight is 230 g/mol. The van der Waals surface area contributed by atoms with E-state index in [-0.39, 0.29) is 18.6 Å². The van der Waals surface area contributed by atoms with E-state index in [0.29, 0.717) is 6.54 Å². The molecule has 94 valence electrons. The highest BCUT2D eigenvalue weighted by atomic mass is 16.4. The second-order valence-electron chi connectivity index (χ2n) is 3.86. The molecule has 5 nitrogen and oxygen atoms in total. The van der Waals surface area contributed by atoms with Gasteiger partial charge in [0, 0.05) is 12.6 Å². The molecular formula is C11H22N2O3. The third kappa shape index (κ3) is 5.58. The Kier molecular flexibility index (Phi) is 7.33. The monoisotopic (exact) mass is 230 g/mol. The SMILES string of the molecule is CCCCN(C(=O)NCC(=O)O)C(C)CC. The average Bonchev–Trinajstić information content (AvgIpc) is 2.26. The third-order valence-corrected chi connectivity index (χ3v) is 2.53. The van der Waals surface area contributed by atoms with E-state index in [4.69, 9.17) is 5.11 Å². The van der Waals surface area contributed by atoms with Crippen molar-refractivity contribution in [3.05, 3.63) is 0 Å². The van der Waals surface area contributed by atoms with E-state index in [2.05, 4.69) is 12.2 Å². The maximum atomic E-state index is 11.7. The number of hydrogen-bond donors (Lipinski definition) is 2. The fraction of sp³-hybridized carbons (Fsp3) is 0.818. The van der Waals surface area contributed by atoms with Crippen molar-refractivity contribution in [3.63, 3.8) is 0 Å². The molecule has 16 heavy (non-hydrogen) atoms. The van der Waals surface area contributed by atoms with Gasteiger partial charge in [0.25, 0.3) is 0 Å². The maximum Gasteiger partial charge on any atom is 0.323 e. The lowest BCUT2D eigenvalue weighted by molar-refractivity contribution is -0.135. The van der Waals surface area contributed by atoms with Gasteiger partial charge in [0.05, 0.1) is 0 Å². The molecule has 5 heteroatoms. The minimum absolute atomic E-state index is 0.139. The van der Waals surface area contributed by atoms with Crippen molar-refractivity contribution in [2.24, 2.45) is 0 Å². The van der Waals surface area contributed by atoms with Gasteiger partial charge in [0.15, 0.2) is 0 Å². The van der Waals surface area contributed by atoms with Crippen LogP contribution in [0.1, 0.15) is 40.0 Å². The van der Waals surface area contributed by atoms with Crippen molar-refractivity contribution < 1.29 is 14.7 Å². The lowest BCUT2D eigenvalue weighted by Gasteiger charge is -2.28. The van der Waals surface area contributed by atoms with E-state index in [1.165, 1.54) is 0 Å². The van der Waals surface area contributed by atoms with E-state index in [0.717, 1.165) is 19.3 Å². The number of unbranched alkanes of at least 4 members (excludes halogenated alkanes) is 1. The van der Waals surface area contributed by atoms with Crippen LogP contribution in [0.5, 0.6) is 0 Å². The molecule has 0 aliphatic carbocycles. The lowest BCUT2D eigenvalue weighted by Crippen LogP contribution is -2.46. The van der Waals surface area contributed by atoms with Crippen LogP contribution in [0.3, 0.4) is 0 Å². The number of hydrogen-bond acceptors (Lipinski definition) is 2. The highest BCUT2D eigenvalue weighted by molar-refractivity contribution is 5.80. The fourth-order valence-corrected chi connectivity index (χ4v) is 1.32. The molecule has 0 aliphatic heterocycles. The first-order chi connectivity index (χ1) is 7.52. The summed E-state index contributed by atoms with van der Waals surface area (Å²) in [5.41, 5.74) is 0. The van der Waals surface area contributed by atoms with Gasteiger partial charge in [-0.2, -0.15) is 0 Å². The van der Waals surface area contributed by atoms with Crippen molar-refractivity contribution in [1.29, 1.82) is 0 Å². The quantitative estimate of drug-likeness (QED) is 0.699. The molecule has 1 atom stereocenters. The highest BCUT2D eigenvalue weighted by Crippen LogP contribution is 2.05. The molecule has 1 unspecified atom stereocenters. The largest absolute Gasteiger partial charge is 0.480 e. The molecule has 0 saturated carbocycles. The van der Waals surface area contributed by atoms with E-state index in [9.17, 15) is 9.59 Å². The van der Waals surface area contributed by atoms with Crippen LogP contribution in [0.4, 0.5) is 4.79 Å². The van der Waals surface area contributed by atoms with Gasteiger partial charge in [0.2, 0.25) is 0 Å². The van der Waals surface area contributed by atoms with Crippen LogP contribution in [0, 0.1) is 0 Å². The summed E-state index contributed by atoms with van der Waals surface area (Å²) in [6.07, 6.45) is 2.81. The first-order valence-electron chi connectivity index (χ1n) is 5.79. The van der Waals surface area contributed by atoms with Gasteiger partial charge in [-0.15, -0.1) is 0 Å². The summed E-state index contributed by atoms with van der Waals surface area (Å²) in [6.45, 7) is 6.39. The summed E-state index contributed by atoms with van der Waals surface area (Å²) in [5.74, 6) is -1.02. The summed E-state index contributed by atoms with van der Waals surface area (Å²) < 4.78 is 0. The second-order valence-corrected chi connectivity index (χ2v) is 3.86. The topological polar surface area (TPSA) is 69.6 Å². The second kappa shape index (κ2) is 7.96. The van der Waals surface area contributed by atoms with Crippen molar-refractivity contribution >= 4 is 12.0 Å². The third-order valence-electron chi connectivity index (χ3n) is 2.53. The van der Waals surface area contributed by atoms with Crippen LogP contribution in [-0.2, 0) is 4.79 Å². The predicted molar refractivity (Wildman–Crippen MR) is 62.4 cm³/mol. The van der Waals surface area contributed by atoms with Gasteiger partial charge in [-0.25, -0.2) is 4.79 Å². The Balaban J connectivity index is 4.25. The predicted octanol–water partition coefficient (Wildman–Crippen LogP) is 1.68. The van der Waals surface area contributed by atoms with Gasteiger partial charge < -0.3 is 15.3 Å². The standard InChI is InChI=1S/C11H22N2O3/c1-4-6-7-13(9(3)5-2)11(16)12-8-10(14)15/h9H,4-8H2,1-3H3,(H,12,16)(H,14,15). The van der Waals surface area contributed by atoms with Crippen molar-refractivity contribution in [3.8, 4) is 0 Å². The Morgan fingerprint density at radius 3 is 2.44 bits per heavy atom. The molecule has 0 rings (SSSR count). The zero-order valence-electron chi connectivity index (χ0n) is 10.3. The van der Waals surface area contributed by atoms with Gasteiger partial charge >= 0.3 is 12.0 Å². The summed E-state index contributed by atoms with van der Waals surface area (Å²) in [6, 6.07) is -0.148. The molecular weight excluding hydrogens is 208 g/mol. The molecule has 0 bridgehead atoms. The van der Waals surface area contributed by atoms with Crippen molar-refractivity contribution in [1.82, 2.24) is 10.2 Å². The number of carbonyl (C=O) groups is 2. The van der Waals surface area contributed by atoms with E-state index in [1.54, 1.807) is 4.90 Å². The minimum Gasteiger partial charge on any atom is -0.480 e. The summed E-state index contributed by atoms with van der Waals surface area (Å²) >= 11 is 0. The van der Waals surface area contributed by atoms with Crippen molar-refractivity contribution in [2.45, 2.75) is 46.1 Å². The molecule has 0 aromatic heterocycles. The lowest BCUT2D eigenvalue weighted by atomic mass is 10.2. The number of amides is 2.